The van der Waals surface area contributed by atoms with Crippen molar-refractivity contribution in [3.8, 4) is 0 Å². The summed E-state index contributed by atoms with van der Waals surface area (Å²) in [5.41, 5.74) is 0.776. The summed E-state index contributed by atoms with van der Waals surface area (Å²) in [6, 6.07) is 8.59. The van der Waals surface area contributed by atoms with Gasteiger partial charge in [0.2, 0.25) is 5.91 Å². The summed E-state index contributed by atoms with van der Waals surface area (Å²) in [6.45, 7) is 3.40. The van der Waals surface area contributed by atoms with Crippen LogP contribution in [0.25, 0.3) is 0 Å². The van der Waals surface area contributed by atoms with E-state index >= 15 is 0 Å². The number of urea groups is 1. The van der Waals surface area contributed by atoms with Crippen molar-refractivity contribution in [3.63, 3.8) is 0 Å². The van der Waals surface area contributed by atoms with Crippen molar-refractivity contribution in [2.75, 3.05) is 39.4 Å². The van der Waals surface area contributed by atoms with Crippen molar-refractivity contribution in [2.45, 2.75) is 25.3 Å². The molecular weight excluding hydrogens is 362 g/mol. The van der Waals surface area contributed by atoms with E-state index in [0.717, 1.165) is 5.56 Å². The molecular formula is C20H27N3O5. The number of amides is 3. The van der Waals surface area contributed by atoms with E-state index in [9.17, 15) is 19.5 Å². The smallest absolute Gasteiger partial charge is 0.320 e. The number of likely N-dealkylation sites (tertiary alicyclic amines) is 1. The molecule has 2 saturated heterocycles. The highest BCUT2D eigenvalue weighted by atomic mass is 16.5. The summed E-state index contributed by atoms with van der Waals surface area (Å²) in [4.78, 5) is 40.0. The zero-order valence-electron chi connectivity index (χ0n) is 15.9. The molecule has 0 spiro atoms. The zero-order chi connectivity index (χ0) is 19.9. The minimum absolute atomic E-state index is 0.00944. The van der Waals surface area contributed by atoms with Crippen molar-refractivity contribution < 1.29 is 24.2 Å². The average Bonchev–Trinajstić information content (AvgIpc) is 2.74. The van der Waals surface area contributed by atoms with Crippen molar-refractivity contribution in [2.24, 2.45) is 5.92 Å². The lowest BCUT2D eigenvalue weighted by atomic mass is 9.94. The van der Waals surface area contributed by atoms with Gasteiger partial charge in [0.05, 0.1) is 25.7 Å². The van der Waals surface area contributed by atoms with E-state index in [4.69, 9.17) is 4.74 Å². The molecule has 0 aromatic heterocycles. The second-order valence-corrected chi connectivity index (χ2v) is 7.21. The first kappa shape index (κ1) is 20.1. The maximum absolute atomic E-state index is 12.7. The van der Waals surface area contributed by atoms with Gasteiger partial charge in [-0.3, -0.25) is 9.59 Å². The van der Waals surface area contributed by atoms with Crippen LogP contribution in [0.4, 0.5) is 4.79 Å². The minimum Gasteiger partial charge on any atom is -0.481 e. The van der Waals surface area contributed by atoms with E-state index in [1.54, 1.807) is 9.80 Å². The number of carbonyl (C=O) groups is 3. The largest absolute Gasteiger partial charge is 0.481 e. The highest BCUT2D eigenvalue weighted by Gasteiger charge is 2.31. The van der Waals surface area contributed by atoms with Gasteiger partial charge in [0.15, 0.2) is 0 Å². The summed E-state index contributed by atoms with van der Waals surface area (Å²) in [7, 11) is 0. The van der Waals surface area contributed by atoms with Crippen molar-refractivity contribution >= 4 is 17.9 Å². The topological polar surface area (TPSA) is 99.2 Å². The molecule has 1 atom stereocenters. The molecule has 8 heteroatoms. The molecule has 0 saturated carbocycles. The van der Waals surface area contributed by atoms with Crippen molar-refractivity contribution in [3.05, 3.63) is 35.9 Å². The Morgan fingerprint density at radius 3 is 2.25 bits per heavy atom. The normalized spacial score (nSPS) is 19.1. The van der Waals surface area contributed by atoms with Crippen molar-refractivity contribution in [1.82, 2.24) is 15.1 Å². The van der Waals surface area contributed by atoms with E-state index < -0.39 is 12.0 Å². The molecule has 8 nitrogen and oxygen atoms in total. The van der Waals surface area contributed by atoms with Crippen LogP contribution in [0.2, 0.25) is 0 Å². The van der Waals surface area contributed by atoms with Crippen LogP contribution in [0.5, 0.6) is 0 Å². The van der Waals surface area contributed by atoms with Crippen LogP contribution in [0, 0.1) is 5.92 Å². The highest BCUT2D eigenvalue weighted by Crippen LogP contribution is 2.22. The van der Waals surface area contributed by atoms with Crippen LogP contribution in [0.1, 0.15) is 30.9 Å². The molecule has 3 rings (SSSR count). The second-order valence-electron chi connectivity index (χ2n) is 7.21. The van der Waals surface area contributed by atoms with Gasteiger partial charge in [0, 0.05) is 32.1 Å². The van der Waals surface area contributed by atoms with E-state index in [1.807, 2.05) is 30.3 Å². The van der Waals surface area contributed by atoms with Gasteiger partial charge in [-0.05, 0) is 18.4 Å². The summed E-state index contributed by atoms with van der Waals surface area (Å²) in [5.74, 6) is -1.32. The lowest BCUT2D eigenvalue weighted by molar-refractivity contribution is -0.138. The number of morpholine rings is 1. The Kier molecular flexibility index (Phi) is 6.86. The number of nitrogens with one attached hydrogen (secondary N) is 1. The molecule has 0 bridgehead atoms. The number of rotatable bonds is 5. The molecule has 2 aliphatic heterocycles. The number of carboxylic acid groups (broad SMARTS) is 1. The Bertz CT molecular complexity index is 682. The predicted molar refractivity (Wildman–Crippen MR) is 102 cm³/mol. The Morgan fingerprint density at radius 1 is 1.04 bits per heavy atom. The van der Waals surface area contributed by atoms with Crippen LogP contribution in [0.3, 0.4) is 0 Å². The van der Waals surface area contributed by atoms with Gasteiger partial charge in [-0.25, -0.2) is 4.79 Å². The monoisotopic (exact) mass is 389 g/mol. The minimum atomic E-state index is -0.958. The first-order valence-electron chi connectivity index (χ1n) is 9.73. The van der Waals surface area contributed by atoms with Gasteiger partial charge in [-0.1, -0.05) is 30.3 Å². The fourth-order valence-electron chi connectivity index (χ4n) is 3.69. The maximum atomic E-state index is 12.7. The number of hydrogen-bond acceptors (Lipinski definition) is 4. The average molecular weight is 389 g/mol. The van der Waals surface area contributed by atoms with Gasteiger partial charge in [-0.15, -0.1) is 0 Å². The molecule has 0 unspecified atom stereocenters. The molecule has 2 N–H and O–H groups in total. The number of carbonyl (C=O) groups excluding carboxylic acids is 2. The summed E-state index contributed by atoms with van der Waals surface area (Å²) >= 11 is 0. The maximum Gasteiger partial charge on any atom is 0.320 e. The van der Waals surface area contributed by atoms with Crippen LogP contribution in [0.15, 0.2) is 30.3 Å². The van der Waals surface area contributed by atoms with Gasteiger partial charge in [-0.2, -0.15) is 0 Å². The number of piperidine rings is 1. The summed E-state index contributed by atoms with van der Waals surface area (Å²) in [6.07, 6.45) is 0.997. The van der Waals surface area contributed by atoms with E-state index in [1.165, 1.54) is 0 Å². The van der Waals surface area contributed by atoms with E-state index in [0.29, 0.717) is 52.2 Å². The fourth-order valence-corrected chi connectivity index (χ4v) is 3.69. The number of benzene rings is 1. The second kappa shape index (κ2) is 9.54. The van der Waals surface area contributed by atoms with Crippen molar-refractivity contribution in [1.29, 1.82) is 0 Å². The molecule has 3 amide bonds. The number of carboxylic acids is 1. The Hall–Kier alpha value is -2.61. The fraction of sp³-hybridized carbons (Fsp3) is 0.550. The van der Waals surface area contributed by atoms with E-state index in [-0.39, 0.29) is 24.3 Å². The standard InChI is InChI=1S/C20H27N3O5/c24-18(25)14-17(15-4-2-1-3-5-15)21-19(26)16-6-8-22(9-7-16)20(27)23-10-12-28-13-11-23/h1-5,16-17H,6-14H2,(H,21,26)(H,24,25)/t17-/m0/s1. The van der Waals surface area contributed by atoms with Gasteiger partial charge < -0.3 is 25.0 Å². The molecule has 28 heavy (non-hydrogen) atoms. The molecule has 2 fully saturated rings. The third kappa shape index (κ3) is 5.22. The Balaban J connectivity index is 1.53. The number of hydrogen-bond donors (Lipinski definition) is 2. The number of ether oxygens (including phenoxy) is 1. The summed E-state index contributed by atoms with van der Waals surface area (Å²) < 4.78 is 5.28. The number of nitrogens with zero attached hydrogens (tertiary/aromatic N) is 2. The van der Waals surface area contributed by atoms with Crippen LogP contribution >= 0.6 is 0 Å². The molecule has 0 radical (unpaired) electrons. The van der Waals surface area contributed by atoms with Gasteiger partial charge in [0.25, 0.3) is 0 Å². The first-order chi connectivity index (χ1) is 13.5. The predicted octanol–water partition coefficient (Wildman–Crippen LogP) is 1.48. The van der Waals surface area contributed by atoms with Crippen LogP contribution in [-0.2, 0) is 14.3 Å². The first-order valence-corrected chi connectivity index (χ1v) is 9.73. The Morgan fingerprint density at radius 2 is 1.64 bits per heavy atom. The SMILES string of the molecule is O=C(O)C[C@H](NC(=O)C1CCN(C(=O)N2CCOCC2)CC1)c1ccccc1. The molecule has 0 aliphatic carbocycles. The molecule has 2 aliphatic rings. The third-order valence-electron chi connectivity index (χ3n) is 5.32. The lowest BCUT2D eigenvalue weighted by Gasteiger charge is -2.37. The van der Waals surface area contributed by atoms with E-state index in [2.05, 4.69) is 5.32 Å². The highest BCUT2D eigenvalue weighted by molar-refractivity contribution is 5.81. The molecule has 1 aromatic carbocycles. The van der Waals surface area contributed by atoms with Crippen LogP contribution < -0.4 is 5.32 Å². The zero-order valence-corrected chi connectivity index (χ0v) is 15.9. The Labute approximate surface area is 164 Å². The molecule has 2 heterocycles. The summed E-state index contributed by atoms with van der Waals surface area (Å²) in [5, 5.41) is 12.1. The third-order valence-corrected chi connectivity index (χ3v) is 5.32. The van der Waals surface area contributed by atoms with Gasteiger partial charge >= 0.3 is 12.0 Å². The lowest BCUT2D eigenvalue weighted by Crippen LogP contribution is -2.51. The number of aliphatic carboxylic acids is 1. The molecule has 1 aromatic rings. The van der Waals surface area contributed by atoms with Crippen LogP contribution in [-0.4, -0.2) is 72.2 Å². The molecule has 152 valence electrons. The quantitative estimate of drug-likeness (QED) is 0.795. The van der Waals surface area contributed by atoms with Gasteiger partial charge in [0.1, 0.15) is 0 Å².